The molecular weight excluding hydrogens is 347 g/mol. The van der Waals surface area contributed by atoms with Crippen molar-refractivity contribution in [3.05, 3.63) is 106 Å². The summed E-state index contributed by atoms with van der Waals surface area (Å²) in [6.07, 6.45) is -0.211. The molecule has 3 aromatic rings. The molecule has 128 valence electrons. The lowest BCUT2D eigenvalue weighted by Crippen LogP contribution is -2.93. The van der Waals surface area contributed by atoms with E-state index >= 15 is 0 Å². The average molecular weight is 364 g/mol. The van der Waals surface area contributed by atoms with Crippen molar-refractivity contribution in [1.29, 1.82) is 0 Å². The molecule has 1 unspecified atom stereocenters. The van der Waals surface area contributed by atoms with Gasteiger partial charge in [0.1, 0.15) is 11.5 Å². The Balaban J connectivity index is 1.58. The maximum Gasteiger partial charge on any atom is 0.212 e. The average Bonchev–Trinajstić information content (AvgIpc) is 3.28. The highest BCUT2D eigenvalue weighted by atomic mass is 35.5. The molecule has 1 saturated heterocycles. The molecule has 4 atom stereocenters. The van der Waals surface area contributed by atoms with Crippen LogP contribution in [-0.2, 0) is 0 Å². The fraction of sp³-hybridized carbons (Fsp3) is 0.136. The van der Waals surface area contributed by atoms with Crippen molar-refractivity contribution in [2.24, 2.45) is 4.99 Å². The second-order valence-corrected chi connectivity index (χ2v) is 7.25. The first-order valence-electron chi connectivity index (χ1n) is 8.73. The van der Waals surface area contributed by atoms with Gasteiger partial charge in [-0.25, -0.2) is 9.38 Å². The second kappa shape index (κ2) is 6.04. The van der Waals surface area contributed by atoms with Crippen LogP contribution in [0.2, 0.25) is 5.02 Å². The molecular formula is C22H17ClFN2+. The van der Waals surface area contributed by atoms with Gasteiger partial charge in [-0.3, -0.25) is 4.90 Å². The van der Waals surface area contributed by atoms with Gasteiger partial charge in [0.05, 0.1) is 5.56 Å². The predicted molar refractivity (Wildman–Crippen MR) is 101 cm³/mol. The van der Waals surface area contributed by atoms with Crippen molar-refractivity contribution >= 4 is 17.3 Å². The number of quaternary nitrogens is 1. The molecule has 0 spiro atoms. The van der Waals surface area contributed by atoms with Gasteiger partial charge in [-0.1, -0.05) is 66.2 Å². The summed E-state index contributed by atoms with van der Waals surface area (Å²) in [4.78, 5) is 6.22. The maximum atomic E-state index is 14.4. The van der Waals surface area contributed by atoms with E-state index in [4.69, 9.17) is 16.6 Å². The molecule has 2 aliphatic heterocycles. The maximum absolute atomic E-state index is 14.4. The number of hydrogen-bond donors (Lipinski definition) is 1. The van der Waals surface area contributed by atoms with Crippen molar-refractivity contribution in [3.63, 3.8) is 0 Å². The number of fused-ring (bicyclic) bond motifs is 1. The Kier molecular flexibility index (Phi) is 3.66. The number of hydrogen-bond acceptors (Lipinski definition) is 1. The van der Waals surface area contributed by atoms with Crippen molar-refractivity contribution in [2.45, 2.75) is 18.2 Å². The third-order valence-corrected chi connectivity index (χ3v) is 5.57. The Morgan fingerprint density at radius 3 is 2.23 bits per heavy atom. The molecule has 0 aliphatic carbocycles. The number of nitrogens with zero attached hydrogens (tertiary/aromatic N) is 1. The van der Waals surface area contributed by atoms with Crippen molar-refractivity contribution in [3.8, 4) is 0 Å². The highest BCUT2D eigenvalue weighted by Crippen LogP contribution is 2.37. The van der Waals surface area contributed by atoms with Gasteiger partial charge in [0, 0.05) is 16.1 Å². The van der Waals surface area contributed by atoms with Crippen LogP contribution in [0.1, 0.15) is 28.9 Å². The van der Waals surface area contributed by atoms with Crippen LogP contribution in [0.5, 0.6) is 0 Å². The van der Waals surface area contributed by atoms with Gasteiger partial charge in [0.15, 0.2) is 12.1 Å². The van der Waals surface area contributed by atoms with E-state index < -0.39 is 0 Å². The van der Waals surface area contributed by atoms with Crippen LogP contribution in [0, 0.1) is 5.82 Å². The molecule has 5 rings (SSSR count). The zero-order chi connectivity index (χ0) is 17.7. The van der Waals surface area contributed by atoms with E-state index in [1.807, 2.05) is 42.5 Å². The molecule has 1 fully saturated rings. The summed E-state index contributed by atoms with van der Waals surface area (Å²) in [6.45, 7) is 0. The summed E-state index contributed by atoms with van der Waals surface area (Å²) in [5.74, 6) is -0.191. The van der Waals surface area contributed by atoms with Crippen LogP contribution < -0.4 is 4.90 Å². The minimum atomic E-state index is -0.211. The van der Waals surface area contributed by atoms with E-state index in [0.29, 0.717) is 5.56 Å². The van der Waals surface area contributed by atoms with Gasteiger partial charge < -0.3 is 0 Å². The van der Waals surface area contributed by atoms with Gasteiger partial charge in [0.25, 0.3) is 0 Å². The molecule has 0 radical (unpaired) electrons. The summed E-state index contributed by atoms with van der Waals surface area (Å²) < 4.78 is 14.4. The number of rotatable bonds is 3. The first kappa shape index (κ1) is 15.7. The van der Waals surface area contributed by atoms with E-state index in [9.17, 15) is 4.39 Å². The summed E-state index contributed by atoms with van der Waals surface area (Å²) in [6, 6.07) is 25.7. The molecule has 3 aromatic carbocycles. The molecule has 1 N–H and O–H groups in total. The molecule has 0 amide bonds. The van der Waals surface area contributed by atoms with Crippen LogP contribution in [0.4, 0.5) is 4.39 Å². The SMILES string of the molecule is Fc1ccccc1[C@@H]1N=C(c2ccccc2)[C@H]2[C@H](c3ccc(Cl)cc3)[NH+]12. The molecule has 2 heterocycles. The van der Waals surface area contributed by atoms with E-state index in [1.54, 1.807) is 6.07 Å². The lowest BCUT2D eigenvalue weighted by Gasteiger charge is -2.11. The Hall–Kier alpha value is -2.49. The molecule has 0 bridgehead atoms. The molecule has 2 nitrogen and oxygen atoms in total. The molecule has 0 aromatic heterocycles. The summed E-state index contributed by atoms with van der Waals surface area (Å²) in [5, 5.41) is 0.729. The minimum absolute atomic E-state index is 0.191. The zero-order valence-corrected chi connectivity index (χ0v) is 14.7. The number of aliphatic imine (C=N–C) groups is 1. The van der Waals surface area contributed by atoms with Gasteiger partial charge in [0.2, 0.25) is 6.17 Å². The highest BCUT2D eigenvalue weighted by molar-refractivity contribution is 6.30. The molecule has 4 heteroatoms. The Morgan fingerprint density at radius 1 is 0.808 bits per heavy atom. The van der Waals surface area contributed by atoms with Gasteiger partial charge >= 0.3 is 0 Å². The van der Waals surface area contributed by atoms with Gasteiger partial charge in [-0.05, 0) is 24.3 Å². The lowest BCUT2D eigenvalue weighted by molar-refractivity contribution is -0.817. The Bertz CT molecular complexity index is 985. The van der Waals surface area contributed by atoms with Crippen molar-refractivity contribution < 1.29 is 9.29 Å². The molecule has 0 saturated carbocycles. The van der Waals surface area contributed by atoms with Crippen molar-refractivity contribution in [1.82, 2.24) is 0 Å². The minimum Gasteiger partial charge on any atom is -0.286 e. The molecule has 26 heavy (non-hydrogen) atoms. The van der Waals surface area contributed by atoms with Gasteiger partial charge in [-0.2, -0.15) is 0 Å². The number of halogens is 2. The summed E-state index contributed by atoms with van der Waals surface area (Å²) >= 11 is 6.05. The summed E-state index contributed by atoms with van der Waals surface area (Å²) in [5.41, 5.74) is 4.06. The van der Waals surface area contributed by atoms with Gasteiger partial charge in [-0.15, -0.1) is 0 Å². The highest BCUT2D eigenvalue weighted by Gasteiger charge is 2.66. The fourth-order valence-electron chi connectivity index (χ4n) is 4.10. The Morgan fingerprint density at radius 2 is 1.50 bits per heavy atom. The smallest absolute Gasteiger partial charge is 0.212 e. The third-order valence-electron chi connectivity index (χ3n) is 5.32. The number of nitrogens with one attached hydrogen (secondary N) is 1. The van der Waals surface area contributed by atoms with Crippen LogP contribution in [0.25, 0.3) is 0 Å². The van der Waals surface area contributed by atoms with E-state index in [2.05, 4.69) is 24.3 Å². The van der Waals surface area contributed by atoms with Crippen LogP contribution in [0.15, 0.2) is 83.9 Å². The number of benzene rings is 3. The van der Waals surface area contributed by atoms with E-state index in [1.165, 1.54) is 16.5 Å². The fourth-order valence-corrected chi connectivity index (χ4v) is 4.22. The topological polar surface area (TPSA) is 16.8 Å². The monoisotopic (exact) mass is 363 g/mol. The van der Waals surface area contributed by atoms with E-state index in [0.717, 1.165) is 16.3 Å². The zero-order valence-electron chi connectivity index (χ0n) is 13.9. The predicted octanol–water partition coefficient (Wildman–Crippen LogP) is 3.99. The quantitative estimate of drug-likeness (QED) is 0.678. The second-order valence-electron chi connectivity index (χ2n) is 6.81. The Labute approximate surface area is 156 Å². The van der Waals surface area contributed by atoms with Crippen LogP contribution >= 0.6 is 11.6 Å². The first-order valence-corrected chi connectivity index (χ1v) is 9.11. The van der Waals surface area contributed by atoms with E-state index in [-0.39, 0.29) is 24.1 Å². The van der Waals surface area contributed by atoms with Crippen LogP contribution in [-0.4, -0.2) is 11.8 Å². The lowest BCUT2D eigenvalue weighted by atomic mass is 10.0. The molecule has 2 aliphatic rings. The van der Waals surface area contributed by atoms with Crippen LogP contribution in [0.3, 0.4) is 0 Å². The largest absolute Gasteiger partial charge is 0.286 e. The normalized spacial score (nSPS) is 26.3. The third kappa shape index (κ3) is 2.47. The first-order chi connectivity index (χ1) is 12.7. The standard InChI is InChI=1S/C22H16ClFN2/c23-16-12-10-15(11-13-16)20-21-19(14-6-2-1-3-7-14)25-22(26(20)21)17-8-4-5-9-18(17)24/h1-13,20-22H/p+1/t20-,21-,22+,26?/m0/s1. The summed E-state index contributed by atoms with van der Waals surface area (Å²) in [7, 11) is 0. The van der Waals surface area contributed by atoms with Crippen molar-refractivity contribution in [2.75, 3.05) is 0 Å².